The molecule has 6 nitrogen and oxygen atoms in total. The van der Waals surface area contributed by atoms with Gasteiger partial charge in [-0.15, -0.1) is 0 Å². The summed E-state index contributed by atoms with van der Waals surface area (Å²) in [5, 5.41) is 0.673. The van der Waals surface area contributed by atoms with Crippen molar-refractivity contribution in [2.24, 2.45) is 0 Å². The van der Waals surface area contributed by atoms with Crippen LogP contribution in [0.25, 0.3) is 0 Å². The summed E-state index contributed by atoms with van der Waals surface area (Å²) in [6.45, 7) is 5.68. The van der Waals surface area contributed by atoms with E-state index in [9.17, 15) is 13.2 Å². The predicted molar refractivity (Wildman–Crippen MR) is 118 cm³/mol. The Morgan fingerprint density at radius 3 is 2.37 bits per heavy atom. The summed E-state index contributed by atoms with van der Waals surface area (Å²) in [5.41, 5.74) is 0.269. The number of amides is 1. The Balaban J connectivity index is 1.54. The van der Waals surface area contributed by atoms with Crippen LogP contribution in [0.2, 0.25) is 5.02 Å². The van der Waals surface area contributed by atoms with Gasteiger partial charge in [-0.3, -0.25) is 9.69 Å². The highest BCUT2D eigenvalue weighted by Crippen LogP contribution is 2.20. The summed E-state index contributed by atoms with van der Waals surface area (Å²) >= 11 is 5.87. The quantitative estimate of drug-likeness (QED) is 0.617. The first-order valence-corrected chi connectivity index (χ1v) is 12.2. The van der Waals surface area contributed by atoms with Gasteiger partial charge < -0.3 is 9.64 Å². The molecule has 2 aromatic carbocycles. The van der Waals surface area contributed by atoms with Crippen molar-refractivity contribution in [3.63, 3.8) is 0 Å². The molecular formula is C22H27ClN2O4S. The molecule has 1 aliphatic heterocycles. The summed E-state index contributed by atoms with van der Waals surface area (Å²) in [5.74, 6) is 0.596. The zero-order valence-corrected chi connectivity index (χ0v) is 18.7. The summed E-state index contributed by atoms with van der Waals surface area (Å²) in [7, 11) is -3.46. The Morgan fingerprint density at radius 2 is 1.70 bits per heavy atom. The van der Waals surface area contributed by atoms with E-state index < -0.39 is 9.84 Å². The van der Waals surface area contributed by atoms with Gasteiger partial charge in [-0.05, 0) is 42.8 Å². The standard InChI is InChI=1S/C22H27ClN2O4S/c1-2-17-30(27,28)21-6-4-3-5-20(21)22(26)25-13-11-24(12-14-25)15-16-29-19-9-7-18(23)8-10-19/h3-10H,2,11-17H2,1H3. The van der Waals surface area contributed by atoms with E-state index in [1.165, 1.54) is 6.07 Å². The fraction of sp³-hybridized carbons (Fsp3) is 0.409. The molecule has 1 amide bonds. The number of ether oxygens (including phenoxy) is 1. The van der Waals surface area contributed by atoms with Crippen LogP contribution in [-0.4, -0.2) is 69.2 Å². The maximum atomic E-state index is 13.0. The van der Waals surface area contributed by atoms with Crippen molar-refractivity contribution in [2.75, 3.05) is 45.1 Å². The van der Waals surface area contributed by atoms with Crippen LogP contribution < -0.4 is 4.74 Å². The highest BCUT2D eigenvalue weighted by Gasteiger charge is 2.27. The van der Waals surface area contributed by atoms with Crippen molar-refractivity contribution in [3.8, 4) is 5.75 Å². The van der Waals surface area contributed by atoms with E-state index in [-0.39, 0.29) is 22.1 Å². The molecule has 30 heavy (non-hydrogen) atoms. The number of piperazine rings is 1. The first-order chi connectivity index (χ1) is 14.4. The van der Waals surface area contributed by atoms with Gasteiger partial charge in [0.1, 0.15) is 12.4 Å². The third-order valence-electron chi connectivity index (χ3n) is 5.07. The van der Waals surface area contributed by atoms with Crippen LogP contribution in [0.5, 0.6) is 5.75 Å². The zero-order chi connectivity index (χ0) is 21.6. The third-order valence-corrected chi connectivity index (χ3v) is 7.30. The average Bonchev–Trinajstić information content (AvgIpc) is 2.75. The third kappa shape index (κ3) is 5.74. The lowest BCUT2D eigenvalue weighted by molar-refractivity contribution is 0.0616. The number of rotatable bonds is 8. The lowest BCUT2D eigenvalue weighted by Crippen LogP contribution is -2.49. The second kappa shape index (κ2) is 10.3. The van der Waals surface area contributed by atoms with Crippen LogP contribution in [0.3, 0.4) is 0 Å². The molecule has 3 rings (SSSR count). The normalized spacial score (nSPS) is 15.2. The Labute approximate surface area is 183 Å². The van der Waals surface area contributed by atoms with Gasteiger partial charge in [0.2, 0.25) is 0 Å². The Hall–Kier alpha value is -2.09. The Morgan fingerprint density at radius 1 is 1.03 bits per heavy atom. The summed E-state index contributed by atoms with van der Waals surface area (Å²) in [6.07, 6.45) is 0.515. The molecule has 0 atom stereocenters. The monoisotopic (exact) mass is 450 g/mol. The van der Waals surface area contributed by atoms with Crippen molar-refractivity contribution >= 4 is 27.3 Å². The molecule has 1 aliphatic rings. The zero-order valence-electron chi connectivity index (χ0n) is 17.1. The van der Waals surface area contributed by atoms with E-state index in [2.05, 4.69) is 4.90 Å². The second-order valence-corrected chi connectivity index (χ2v) is 9.77. The van der Waals surface area contributed by atoms with Crippen LogP contribution in [0, 0.1) is 0 Å². The number of hydrogen-bond donors (Lipinski definition) is 0. The molecule has 0 unspecified atom stereocenters. The lowest BCUT2D eigenvalue weighted by Gasteiger charge is -2.35. The van der Waals surface area contributed by atoms with Gasteiger partial charge in [0.05, 0.1) is 16.2 Å². The SMILES string of the molecule is CCCS(=O)(=O)c1ccccc1C(=O)N1CCN(CCOc2ccc(Cl)cc2)CC1. The molecule has 1 heterocycles. The number of benzene rings is 2. The number of hydrogen-bond acceptors (Lipinski definition) is 5. The molecule has 1 fully saturated rings. The van der Waals surface area contributed by atoms with E-state index in [1.807, 2.05) is 19.1 Å². The van der Waals surface area contributed by atoms with E-state index >= 15 is 0 Å². The minimum Gasteiger partial charge on any atom is -0.492 e. The number of carbonyl (C=O) groups excluding carboxylic acids is 1. The van der Waals surface area contributed by atoms with Gasteiger partial charge in [-0.1, -0.05) is 30.7 Å². The van der Waals surface area contributed by atoms with E-state index in [1.54, 1.807) is 35.2 Å². The Kier molecular flexibility index (Phi) is 7.75. The number of halogens is 1. The highest BCUT2D eigenvalue weighted by atomic mass is 35.5. The van der Waals surface area contributed by atoms with Crippen molar-refractivity contribution in [1.29, 1.82) is 0 Å². The van der Waals surface area contributed by atoms with Gasteiger partial charge in [-0.25, -0.2) is 8.42 Å². The van der Waals surface area contributed by atoms with Gasteiger partial charge in [-0.2, -0.15) is 0 Å². The van der Waals surface area contributed by atoms with Crippen molar-refractivity contribution in [3.05, 3.63) is 59.1 Å². The molecular weight excluding hydrogens is 424 g/mol. The molecule has 162 valence electrons. The number of nitrogens with zero attached hydrogens (tertiary/aromatic N) is 2. The van der Waals surface area contributed by atoms with Crippen molar-refractivity contribution < 1.29 is 17.9 Å². The van der Waals surface area contributed by atoms with Crippen LogP contribution in [0.15, 0.2) is 53.4 Å². The largest absolute Gasteiger partial charge is 0.492 e. The van der Waals surface area contributed by atoms with E-state index in [0.717, 1.165) is 25.4 Å². The van der Waals surface area contributed by atoms with Crippen molar-refractivity contribution in [1.82, 2.24) is 9.80 Å². The van der Waals surface area contributed by atoms with Crippen LogP contribution in [-0.2, 0) is 9.84 Å². The number of carbonyl (C=O) groups is 1. The maximum absolute atomic E-state index is 13.0. The van der Waals surface area contributed by atoms with Gasteiger partial charge in [0, 0.05) is 37.7 Å². The molecule has 8 heteroatoms. The van der Waals surface area contributed by atoms with Gasteiger partial charge in [0.15, 0.2) is 9.84 Å². The molecule has 0 radical (unpaired) electrons. The Bertz CT molecular complexity index is 955. The highest BCUT2D eigenvalue weighted by molar-refractivity contribution is 7.91. The van der Waals surface area contributed by atoms with Crippen LogP contribution in [0.4, 0.5) is 0 Å². The van der Waals surface area contributed by atoms with Crippen LogP contribution in [0.1, 0.15) is 23.7 Å². The van der Waals surface area contributed by atoms with E-state index in [4.69, 9.17) is 16.3 Å². The predicted octanol–water partition coefficient (Wildman–Crippen LogP) is 3.36. The molecule has 0 N–H and O–H groups in total. The smallest absolute Gasteiger partial charge is 0.255 e. The first-order valence-electron chi connectivity index (χ1n) is 10.1. The van der Waals surface area contributed by atoms with Crippen molar-refractivity contribution in [2.45, 2.75) is 18.2 Å². The fourth-order valence-corrected chi connectivity index (χ4v) is 5.12. The molecule has 0 aliphatic carbocycles. The minimum absolute atomic E-state index is 0.0404. The second-order valence-electron chi connectivity index (χ2n) is 7.25. The maximum Gasteiger partial charge on any atom is 0.255 e. The van der Waals surface area contributed by atoms with Gasteiger partial charge in [0.25, 0.3) is 5.91 Å². The summed E-state index contributed by atoms with van der Waals surface area (Å²) in [4.78, 5) is 17.1. The molecule has 0 aromatic heterocycles. The molecule has 0 bridgehead atoms. The average molecular weight is 451 g/mol. The number of sulfone groups is 1. The summed E-state index contributed by atoms with van der Waals surface area (Å²) < 4.78 is 30.8. The molecule has 2 aromatic rings. The first kappa shape index (κ1) is 22.6. The van der Waals surface area contributed by atoms with Crippen LogP contribution >= 0.6 is 11.6 Å². The van der Waals surface area contributed by atoms with Gasteiger partial charge >= 0.3 is 0 Å². The summed E-state index contributed by atoms with van der Waals surface area (Å²) in [6, 6.07) is 13.8. The van der Waals surface area contributed by atoms with E-state index in [0.29, 0.717) is 31.1 Å². The topological polar surface area (TPSA) is 66.9 Å². The fourth-order valence-electron chi connectivity index (χ4n) is 3.46. The lowest BCUT2D eigenvalue weighted by atomic mass is 10.2. The molecule has 0 spiro atoms. The molecule has 1 saturated heterocycles. The minimum atomic E-state index is -3.46. The molecule has 0 saturated carbocycles.